The smallest absolute Gasteiger partial charge is 0.338 e. The molecule has 2 saturated heterocycles. The fourth-order valence-corrected chi connectivity index (χ4v) is 6.13. The molecule has 1 aromatic carbocycles. The average molecular weight is 609 g/mol. The third-order valence-corrected chi connectivity index (χ3v) is 8.61. The number of likely N-dealkylation sites (tertiary alicyclic amines) is 1. The SMILES string of the molecule is CC(C)(C)OC(=O)c1ccc2nc(CN3CCC(c4cccc(OCc5ccn6nccc6c5)n4)CC3)n(CC3CCO3)c2c1. The number of pyridine rings is 2. The van der Waals surface area contributed by atoms with Crippen molar-refractivity contribution in [3.8, 4) is 5.88 Å². The van der Waals surface area contributed by atoms with Gasteiger partial charge in [0.2, 0.25) is 5.88 Å². The van der Waals surface area contributed by atoms with Crippen molar-refractivity contribution in [3.05, 3.63) is 89.6 Å². The van der Waals surface area contributed by atoms with Crippen molar-refractivity contribution in [2.24, 2.45) is 0 Å². The highest BCUT2D eigenvalue weighted by atomic mass is 16.6. The van der Waals surface area contributed by atoms with Crippen molar-refractivity contribution in [2.75, 3.05) is 19.7 Å². The molecular formula is C35H40N6O4. The van der Waals surface area contributed by atoms with E-state index in [4.69, 9.17) is 24.2 Å². The molecule has 1 atom stereocenters. The summed E-state index contributed by atoms with van der Waals surface area (Å²) in [6, 6.07) is 17.8. The first-order valence-electron chi connectivity index (χ1n) is 15.9. The number of esters is 1. The number of carbonyl (C=O) groups is 1. The highest BCUT2D eigenvalue weighted by Crippen LogP contribution is 2.30. The molecule has 0 aliphatic carbocycles. The topological polar surface area (TPSA) is 96.0 Å². The number of piperidine rings is 1. The average Bonchev–Trinajstić information content (AvgIpc) is 3.61. The van der Waals surface area contributed by atoms with Gasteiger partial charge in [0.15, 0.2) is 0 Å². The second-order valence-electron chi connectivity index (χ2n) is 13.1. The molecule has 5 aromatic rings. The summed E-state index contributed by atoms with van der Waals surface area (Å²) >= 11 is 0. The van der Waals surface area contributed by atoms with Gasteiger partial charge in [-0.1, -0.05) is 6.07 Å². The van der Waals surface area contributed by atoms with Gasteiger partial charge in [-0.05, 0) is 101 Å². The minimum atomic E-state index is -0.552. The Morgan fingerprint density at radius 3 is 2.64 bits per heavy atom. The number of ether oxygens (including phenoxy) is 3. The molecular weight excluding hydrogens is 568 g/mol. The quantitative estimate of drug-likeness (QED) is 0.194. The maximum atomic E-state index is 12.8. The molecule has 0 radical (unpaired) electrons. The molecule has 7 rings (SSSR count). The van der Waals surface area contributed by atoms with Crippen LogP contribution in [0.25, 0.3) is 16.6 Å². The number of carbonyl (C=O) groups excluding carboxylic acids is 1. The van der Waals surface area contributed by atoms with Gasteiger partial charge < -0.3 is 18.8 Å². The monoisotopic (exact) mass is 608 g/mol. The Kier molecular flexibility index (Phi) is 8.01. The van der Waals surface area contributed by atoms with Crippen LogP contribution in [0.15, 0.2) is 67.0 Å². The van der Waals surface area contributed by atoms with Crippen molar-refractivity contribution in [2.45, 2.75) is 77.4 Å². The summed E-state index contributed by atoms with van der Waals surface area (Å²) in [5.41, 5.74) is 5.04. The number of fused-ring (bicyclic) bond motifs is 2. The molecule has 10 nitrogen and oxygen atoms in total. The van der Waals surface area contributed by atoms with Crippen LogP contribution < -0.4 is 4.74 Å². The Labute approximate surface area is 262 Å². The summed E-state index contributed by atoms with van der Waals surface area (Å²) in [4.78, 5) is 25.2. The molecule has 45 heavy (non-hydrogen) atoms. The molecule has 0 amide bonds. The predicted octanol–water partition coefficient (Wildman–Crippen LogP) is 5.78. The largest absolute Gasteiger partial charge is 0.473 e. The van der Waals surface area contributed by atoms with Crippen molar-refractivity contribution in [1.29, 1.82) is 0 Å². The Bertz CT molecular complexity index is 1810. The zero-order valence-corrected chi connectivity index (χ0v) is 26.2. The van der Waals surface area contributed by atoms with E-state index in [0.717, 1.165) is 85.7 Å². The number of imidazole rings is 1. The Hall–Kier alpha value is -4.28. The number of hydrogen-bond donors (Lipinski definition) is 0. The molecule has 234 valence electrons. The van der Waals surface area contributed by atoms with Crippen LogP contribution in [0.5, 0.6) is 5.88 Å². The van der Waals surface area contributed by atoms with Crippen LogP contribution in [0.4, 0.5) is 0 Å². The van der Waals surface area contributed by atoms with E-state index in [1.54, 1.807) is 6.20 Å². The van der Waals surface area contributed by atoms with Crippen LogP contribution >= 0.6 is 0 Å². The molecule has 2 aliphatic rings. The van der Waals surface area contributed by atoms with Crippen molar-refractivity contribution in [3.63, 3.8) is 0 Å². The lowest BCUT2D eigenvalue weighted by Gasteiger charge is -2.32. The molecule has 4 aromatic heterocycles. The summed E-state index contributed by atoms with van der Waals surface area (Å²) in [5, 5.41) is 4.25. The van der Waals surface area contributed by atoms with E-state index in [9.17, 15) is 4.79 Å². The highest BCUT2D eigenvalue weighted by molar-refractivity contribution is 5.94. The van der Waals surface area contributed by atoms with Gasteiger partial charge in [0.05, 0.1) is 41.3 Å². The Morgan fingerprint density at radius 1 is 1.02 bits per heavy atom. The number of hydrogen-bond acceptors (Lipinski definition) is 8. The maximum absolute atomic E-state index is 12.8. The number of aromatic nitrogens is 5. The molecule has 2 fully saturated rings. The summed E-state index contributed by atoms with van der Waals surface area (Å²) < 4.78 is 21.6. The molecule has 1 unspecified atom stereocenters. The van der Waals surface area contributed by atoms with Gasteiger partial charge in [0.25, 0.3) is 0 Å². The van der Waals surface area contributed by atoms with Crippen LogP contribution in [0.3, 0.4) is 0 Å². The zero-order valence-electron chi connectivity index (χ0n) is 26.2. The van der Waals surface area contributed by atoms with Gasteiger partial charge >= 0.3 is 5.97 Å². The lowest BCUT2D eigenvalue weighted by molar-refractivity contribution is -0.0592. The van der Waals surface area contributed by atoms with E-state index in [0.29, 0.717) is 24.0 Å². The lowest BCUT2D eigenvalue weighted by Crippen LogP contribution is -2.35. The Morgan fingerprint density at radius 2 is 1.87 bits per heavy atom. The molecule has 0 spiro atoms. The molecule has 0 bridgehead atoms. The van der Waals surface area contributed by atoms with Gasteiger partial charge in [-0.2, -0.15) is 5.10 Å². The van der Waals surface area contributed by atoms with E-state index < -0.39 is 5.60 Å². The van der Waals surface area contributed by atoms with Gasteiger partial charge in [-0.15, -0.1) is 0 Å². The zero-order chi connectivity index (χ0) is 31.0. The minimum Gasteiger partial charge on any atom is -0.473 e. The van der Waals surface area contributed by atoms with Crippen LogP contribution in [-0.2, 0) is 29.2 Å². The van der Waals surface area contributed by atoms with E-state index >= 15 is 0 Å². The van der Waals surface area contributed by atoms with E-state index in [-0.39, 0.29) is 12.1 Å². The molecule has 0 saturated carbocycles. The number of nitrogens with zero attached hydrogens (tertiary/aromatic N) is 6. The van der Waals surface area contributed by atoms with Gasteiger partial charge in [0, 0.05) is 36.7 Å². The van der Waals surface area contributed by atoms with Gasteiger partial charge in [0.1, 0.15) is 18.0 Å². The van der Waals surface area contributed by atoms with Crippen LogP contribution in [0, 0.1) is 0 Å². The van der Waals surface area contributed by atoms with Gasteiger partial charge in [-0.25, -0.2) is 19.3 Å². The first-order valence-corrected chi connectivity index (χ1v) is 15.9. The molecule has 2 aliphatic heterocycles. The lowest BCUT2D eigenvalue weighted by atomic mass is 9.93. The number of benzene rings is 1. The van der Waals surface area contributed by atoms with Crippen molar-refractivity contribution >= 4 is 22.5 Å². The first kappa shape index (κ1) is 29.4. The Balaban J connectivity index is 1.01. The minimum absolute atomic E-state index is 0.173. The third-order valence-electron chi connectivity index (χ3n) is 8.61. The van der Waals surface area contributed by atoms with E-state index in [1.807, 2.05) is 73.9 Å². The molecule has 6 heterocycles. The van der Waals surface area contributed by atoms with E-state index in [2.05, 4.69) is 26.7 Å². The molecule has 0 N–H and O–H groups in total. The van der Waals surface area contributed by atoms with Gasteiger partial charge in [-0.3, -0.25) is 4.90 Å². The van der Waals surface area contributed by atoms with Crippen molar-refractivity contribution in [1.82, 2.24) is 29.0 Å². The fourth-order valence-electron chi connectivity index (χ4n) is 6.13. The summed E-state index contributed by atoms with van der Waals surface area (Å²) in [7, 11) is 0. The molecule has 10 heteroatoms. The second kappa shape index (κ2) is 12.3. The predicted molar refractivity (Wildman–Crippen MR) is 170 cm³/mol. The van der Waals surface area contributed by atoms with Crippen molar-refractivity contribution < 1.29 is 19.0 Å². The van der Waals surface area contributed by atoms with Crippen LogP contribution in [-0.4, -0.2) is 66.4 Å². The maximum Gasteiger partial charge on any atom is 0.338 e. The van der Waals surface area contributed by atoms with Crippen LogP contribution in [0.1, 0.15) is 73.4 Å². The second-order valence-corrected chi connectivity index (χ2v) is 13.1. The fraction of sp³-hybridized carbons (Fsp3) is 0.429. The highest BCUT2D eigenvalue weighted by Gasteiger charge is 2.27. The summed E-state index contributed by atoms with van der Waals surface area (Å²) in [5.74, 6) is 1.72. The standard InChI is InChI=1S/C35H40N6O4/c1-35(2,3)45-34(42)26-7-8-30-31(20-26)40(21-28-13-18-43-28)32(37-30)22-39-15-11-25(12-16-39)29-5-4-6-33(38-29)44-23-24-10-17-41-27(19-24)9-14-36-41/h4-10,14,17,19-20,25,28H,11-13,15-16,18,21-23H2,1-3H3. The van der Waals surface area contributed by atoms with E-state index in [1.165, 1.54) is 0 Å². The first-order chi connectivity index (χ1) is 21.8. The number of rotatable bonds is 9. The summed E-state index contributed by atoms with van der Waals surface area (Å²) in [6.45, 7) is 10.3. The third kappa shape index (κ3) is 6.72. The normalized spacial score (nSPS) is 17.9. The van der Waals surface area contributed by atoms with Crippen LogP contribution in [0.2, 0.25) is 0 Å². The summed E-state index contributed by atoms with van der Waals surface area (Å²) in [6.07, 6.45) is 6.98.